The van der Waals surface area contributed by atoms with E-state index in [-0.39, 0.29) is 6.61 Å². The molecule has 0 radical (unpaired) electrons. The van der Waals surface area contributed by atoms with Crippen LogP contribution in [0.3, 0.4) is 0 Å². The van der Waals surface area contributed by atoms with Crippen LogP contribution in [0.1, 0.15) is 31.5 Å². The van der Waals surface area contributed by atoms with Gasteiger partial charge < -0.3 is 13.7 Å². The molecule has 0 N–H and O–H groups in total. The van der Waals surface area contributed by atoms with Gasteiger partial charge in [-0.2, -0.15) is 4.98 Å². The minimum Gasteiger partial charge on any atom is -0.484 e. The molecule has 25 heavy (non-hydrogen) atoms. The van der Waals surface area contributed by atoms with Gasteiger partial charge in [0.25, 0.3) is 11.1 Å². The summed E-state index contributed by atoms with van der Waals surface area (Å²) in [6.07, 6.45) is 0.768. The lowest BCUT2D eigenvalue weighted by molar-refractivity contribution is 0.252. The van der Waals surface area contributed by atoms with Gasteiger partial charge in [-0.25, -0.2) is 0 Å². The maximum absolute atomic E-state index is 5.83. The second kappa shape index (κ2) is 8.35. The molecule has 3 rings (SSSR count). The van der Waals surface area contributed by atoms with Gasteiger partial charge in [-0.15, -0.1) is 10.2 Å². The van der Waals surface area contributed by atoms with Crippen LogP contribution in [0.5, 0.6) is 5.75 Å². The summed E-state index contributed by atoms with van der Waals surface area (Å²) in [5.74, 6) is 3.31. The summed E-state index contributed by atoms with van der Waals surface area (Å²) < 4.78 is 16.3. The van der Waals surface area contributed by atoms with Crippen LogP contribution in [0, 0.1) is 5.92 Å². The fourth-order valence-corrected chi connectivity index (χ4v) is 2.69. The molecule has 0 saturated carbocycles. The highest BCUT2D eigenvalue weighted by Crippen LogP contribution is 2.21. The Hall–Kier alpha value is -2.06. The van der Waals surface area contributed by atoms with Gasteiger partial charge in [0.15, 0.2) is 12.4 Å². The first-order chi connectivity index (χ1) is 12.1. The molecule has 0 atom stereocenters. The van der Waals surface area contributed by atoms with E-state index in [0.29, 0.717) is 45.3 Å². The summed E-state index contributed by atoms with van der Waals surface area (Å²) >= 11 is 7.18. The average molecular weight is 381 g/mol. The molecular weight excluding hydrogens is 364 g/mol. The van der Waals surface area contributed by atoms with Crippen LogP contribution in [0.2, 0.25) is 5.02 Å². The summed E-state index contributed by atoms with van der Waals surface area (Å²) in [5.41, 5.74) is 0. The fraction of sp³-hybridized carbons (Fsp3) is 0.375. The summed E-state index contributed by atoms with van der Waals surface area (Å²) in [6, 6.07) is 7.06. The van der Waals surface area contributed by atoms with Crippen molar-refractivity contribution in [2.45, 2.75) is 37.9 Å². The van der Waals surface area contributed by atoms with E-state index in [4.69, 9.17) is 25.3 Å². The summed E-state index contributed by atoms with van der Waals surface area (Å²) in [7, 11) is 0. The molecule has 7 nitrogen and oxygen atoms in total. The molecule has 9 heteroatoms. The van der Waals surface area contributed by atoms with Gasteiger partial charge in [0.05, 0.1) is 5.75 Å². The van der Waals surface area contributed by atoms with Gasteiger partial charge >= 0.3 is 0 Å². The van der Waals surface area contributed by atoms with Crippen LogP contribution < -0.4 is 4.74 Å². The Bertz CT molecular complexity index is 804. The molecule has 0 aliphatic carbocycles. The second-order valence-electron chi connectivity index (χ2n) is 5.70. The number of hydrogen-bond donors (Lipinski definition) is 0. The van der Waals surface area contributed by atoms with Gasteiger partial charge in [-0.1, -0.05) is 42.4 Å². The smallest absolute Gasteiger partial charge is 0.277 e. The van der Waals surface area contributed by atoms with Crippen molar-refractivity contribution in [3.8, 4) is 5.75 Å². The minimum atomic E-state index is 0.190. The van der Waals surface area contributed by atoms with E-state index < -0.39 is 0 Å². The van der Waals surface area contributed by atoms with E-state index in [1.54, 1.807) is 24.3 Å². The highest BCUT2D eigenvalue weighted by molar-refractivity contribution is 7.98. The van der Waals surface area contributed by atoms with Crippen molar-refractivity contribution in [2.24, 2.45) is 5.92 Å². The largest absolute Gasteiger partial charge is 0.484 e. The van der Waals surface area contributed by atoms with Crippen molar-refractivity contribution >= 4 is 23.4 Å². The fourth-order valence-electron chi connectivity index (χ4n) is 1.94. The lowest BCUT2D eigenvalue weighted by atomic mass is 10.1. The Morgan fingerprint density at radius 1 is 1.16 bits per heavy atom. The molecule has 0 saturated heterocycles. The lowest BCUT2D eigenvalue weighted by Crippen LogP contribution is -1.95. The summed E-state index contributed by atoms with van der Waals surface area (Å²) in [4.78, 5) is 4.33. The predicted octanol–water partition coefficient (Wildman–Crippen LogP) is 4.18. The number of benzene rings is 1. The van der Waals surface area contributed by atoms with Crippen molar-refractivity contribution in [1.82, 2.24) is 20.3 Å². The second-order valence-corrected chi connectivity index (χ2v) is 7.06. The molecule has 0 fully saturated rings. The molecular formula is C16H17ClN4O3S. The van der Waals surface area contributed by atoms with E-state index in [9.17, 15) is 0 Å². The first-order valence-electron chi connectivity index (χ1n) is 7.73. The Balaban J connectivity index is 1.48. The van der Waals surface area contributed by atoms with E-state index in [2.05, 4.69) is 34.2 Å². The molecule has 0 bridgehead atoms. The number of thioether (sulfide) groups is 1. The lowest BCUT2D eigenvalue weighted by Gasteiger charge is -2.02. The molecule has 3 aromatic rings. The van der Waals surface area contributed by atoms with Gasteiger partial charge in [0, 0.05) is 11.4 Å². The predicted molar refractivity (Wildman–Crippen MR) is 92.5 cm³/mol. The van der Waals surface area contributed by atoms with E-state index >= 15 is 0 Å². The van der Waals surface area contributed by atoms with Gasteiger partial charge in [0.2, 0.25) is 5.89 Å². The van der Waals surface area contributed by atoms with Crippen LogP contribution in [-0.4, -0.2) is 20.3 Å². The molecule has 0 unspecified atom stereocenters. The molecule has 0 amide bonds. The number of halogens is 1. The third kappa shape index (κ3) is 5.47. The van der Waals surface area contributed by atoms with Gasteiger partial charge in [-0.05, 0) is 30.2 Å². The molecule has 1 aromatic carbocycles. The maximum atomic E-state index is 5.83. The van der Waals surface area contributed by atoms with Gasteiger partial charge in [0.1, 0.15) is 5.75 Å². The van der Waals surface area contributed by atoms with Crippen molar-refractivity contribution in [2.75, 3.05) is 0 Å². The molecule has 2 aromatic heterocycles. The van der Waals surface area contributed by atoms with Crippen molar-refractivity contribution in [3.63, 3.8) is 0 Å². The number of nitrogens with zero attached hydrogens (tertiary/aromatic N) is 4. The monoisotopic (exact) mass is 380 g/mol. The molecule has 0 spiro atoms. The van der Waals surface area contributed by atoms with Crippen molar-refractivity contribution in [1.29, 1.82) is 0 Å². The first kappa shape index (κ1) is 17.8. The molecule has 2 heterocycles. The number of rotatable bonds is 8. The number of ether oxygens (including phenoxy) is 1. The summed E-state index contributed by atoms with van der Waals surface area (Å²) in [6.45, 7) is 4.39. The molecule has 0 aliphatic heterocycles. The van der Waals surface area contributed by atoms with Crippen LogP contribution in [0.25, 0.3) is 0 Å². The van der Waals surface area contributed by atoms with Crippen LogP contribution >= 0.6 is 23.4 Å². The third-order valence-electron chi connectivity index (χ3n) is 3.04. The number of aromatic nitrogens is 4. The highest BCUT2D eigenvalue weighted by atomic mass is 35.5. The Morgan fingerprint density at radius 3 is 2.72 bits per heavy atom. The molecule has 0 aliphatic rings. The zero-order valence-corrected chi connectivity index (χ0v) is 15.4. The maximum Gasteiger partial charge on any atom is 0.277 e. The first-order valence-corrected chi connectivity index (χ1v) is 9.10. The standard InChI is InChI=1S/C16H17ClN4O3S/c1-10(2)7-14-18-13(21-24-14)9-25-16-20-19-15(23-16)8-22-12-5-3-11(17)4-6-12/h3-6,10H,7-9H2,1-2H3. The third-order valence-corrected chi connectivity index (χ3v) is 4.11. The van der Waals surface area contributed by atoms with Gasteiger partial charge in [-0.3, -0.25) is 0 Å². The number of hydrogen-bond acceptors (Lipinski definition) is 8. The van der Waals surface area contributed by atoms with Crippen LogP contribution in [-0.2, 0) is 18.8 Å². The topological polar surface area (TPSA) is 87.1 Å². The normalized spacial score (nSPS) is 11.2. The Morgan fingerprint density at radius 2 is 1.96 bits per heavy atom. The zero-order valence-electron chi connectivity index (χ0n) is 13.8. The van der Waals surface area contributed by atoms with Crippen molar-refractivity contribution < 1.29 is 13.7 Å². The quantitative estimate of drug-likeness (QED) is 0.538. The Labute approximate surface area is 154 Å². The summed E-state index contributed by atoms with van der Waals surface area (Å²) in [5, 5.41) is 13.0. The highest BCUT2D eigenvalue weighted by Gasteiger charge is 2.12. The SMILES string of the molecule is CC(C)Cc1nc(CSc2nnc(COc3ccc(Cl)cc3)o2)no1. The minimum absolute atomic E-state index is 0.190. The Kier molecular flexibility index (Phi) is 5.93. The average Bonchev–Trinajstić information content (AvgIpc) is 3.21. The van der Waals surface area contributed by atoms with E-state index in [1.807, 2.05) is 0 Å². The van der Waals surface area contributed by atoms with Crippen molar-refractivity contribution in [3.05, 3.63) is 46.9 Å². The van der Waals surface area contributed by atoms with Crippen LogP contribution in [0.4, 0.5) is 0 Å². The zero-order chi connectivity index (χ0) is 17.6. The molecule has 132 valence electrons. The van der Waals surface area contributed by atoms with Crippen LogP contribution in [0.15, 0.2) is 38.4 Å². The van der Waals surface area contributed by atoms with E-state index in [1.165, 1.54) is 11.8 Å². The van der Waals surface area contributed by atoms with E-state index in [0.717, 1.165) is 6.42 Å².